The molecule has 9 nitrogen and oxygen atoms in total. The number of amides is 2. The van der Waals surface area contributed by atoms with Gasteiger partial charge >= 0.3 is 0 Å². The van der Waals surface area contributed by atoms with Gasteiger partial charge in [0.1, 0.15) is 17.9 Å². The molecule has 10 heteroatoms. The van der Waals surface area contributed by atoms with Crippen molar-refractivity contribution in [2.75, 3.05) is 11.6 Å². The Morgan fingerprint density at radius 3 is 2.89 bits per heavy atom. The van der Waals surface area contributed by atoms with Crippen molar-refractivity contribution in [1.29, 1.82) is 0 Å². The van der Waals surface area contributed by atoms with Crippen molar-refractivity contribution >= 4 is 24.3 Å². The molecule has 2 heterocycles. The second-order valence-electron chi connectivity index (χ2n) is 6.25. The summed E-state index contributed by atoms with van der Waals surface area (Å²) in [6.07, 6.45) is 4.00. The molecule has 3 rings (SSSR count). The summed E-state index contributed by atoms with van der Waals surface area (Å²) in [7, 11) is 0. The largest absolute Gasteiger partial charge is 0.384 e. The average Bonchev–Trinajstić information content (AvgIpc) is 3.12. The van der Waals surface area contributed by atoms with Crippen molar-refractivity contribution in [3.63, 3.8) is 0 Å². The molecule has 1 atom stereocenters. The van der Waals surface area contributed by atoms with Crippen LogP contribution in [0.1, 0.15) is 12.5 Å². The molecular formula is C18H19FN6O3. The molecule has 2 amide bonds. The second kappa shape index (κ2) is 7.91. The maximum absolute atomic E-state index is 13.3. The number of hydrogen-bond acceptors (Lipinski definition) is 6. The number of rotatable bonds is 7. The lowest BCUT2D eigenvalue weighted by atomic mass is 10.2. The first-order chi connectivity index (χ1) is 13.4. The van der Waals surface area contributed by atoms with E-state index in [1.807, 2.05) is 0 Å². The van der Waals surface area contributed by atoms with E-state index in [2.05, 4.69) is 10.4 Å². The number of nitrogens with two attached hydrogens (primary N) is 1. The minimum Gasteiger partial charge on any atom is -0.384 e. The van der Waals surface area contributed by atoms with Crippen LogP contribution >= 0.6 is 0 Å². The van der Waals surface area contributed by atoms with E-state index in [1.165, 1.54) is 34.1 Å². The summed E-state index contributed by atoms with van der Waals surface area (Å²) in [5.74, 6) is -0.897. The smallest absolute Gasteiger partial charge is 0.276 e. The van der Waals surface area contributed by atoms with E-state index in [1.54, 1.807) is 19.1 Å². The molecule has 0 bridgehead atoms. The van der Waals surface area contributed by atoms with Crippen LogP contribution < -0.4 is 16.0 Å². The molecular weight excluding hydrogens is 367 g/mol. The summed E-state index contributed by atoms with van der Waals surface area (Å²) >= 11 is 0. The summed E-state index contributed by atoms with van der Waals surface area (Å²) in [6.45, 7) is 1.90. The lowest BCUT2D eigenvalue weighted by Crippen LogP contribution is -2.54. The molecule has 3 N–H and O–H groups in total. The Bertz CT molecular complexity index is 941. The maximum atomic E-state index is 13.3. The molecule has 0 saturated carbocycles. The number of carbonyl (C=O) groups excluding carboxylic acids is 3. The minimum atomic E-state index is -0.688. The van der Waals surface area contributed by atoms with Gasteiger partial charge in [-0.3, -0.25) is 19.2 Å². The quantitative estimate of drug-likeness (QED) is 0.655. The molecule has 0 radical (unpaired) electrons. The van der Waals surface area contributed by atoms with Crippen LogP contribution in [0.5, 0.6) is 0 Å². The molecule has 1 unspecified atom stereocenters. The van der Waals surface area contributed by atoms with Gasteiger partial charge in [-0.25, -0.2) is 4.39 Å². The van der Waals surface area contributed by atoms with Gasteiger partial charge in [-0.05, 0) is 24.6 Å². The van der Waals surface area contributed by atoms with E-state index in [4.69, 9.17) is 5.73 Å². The predicted molar refractivity (Wildman–Crippen MR) is 97.9 cm³/mol. The number of nitrogens with zero attached hydrogens (tertiary/aromatic N) is 4. The van der Waals surface area contributed by atoms with E-state index >= 15 is 0 Å². The monoisotopic (exact) mass is 386 g/mol. The third kappa shape index (κ3) is 3.70. The van der Waals surface area contributed by atoms with Crippen LogP contribution in [0.3, 0.4) is 0 Å². The van der Waals surface area contributed by atoms with Crippen LogP contribution in [0.25, 0.3) is 0 Å². The highest BCUT2D eigenvalue weighted by atomic mass is 19.1. The Kier molecular flexibility index (Phi) is 5.39. The summed E-state index contributed by atoms with van der Waals surface area (Å²) in [5.41, 5.74) is 6.79. The van der Waals surface area contributed by atoms with Crippen molar-refractivity contribution in [3.05, 3.63) is 59.6 Å². The zero-order valence-corrected chi connectivity index (χ0v) is 15.1. The molecule has 0 aliphatic carbocycles. The second-order valence-corrected chi connectivity index (χ2v) is 6.25. The number of hydrogen-bond donors (Lipinski definition) is 2. The van der Waals surface area contributed by atoms with Crippen LogP contribution in [-0.2, 0) is 20.9 Å². The van der Waals surface area contributed by atoms with Gasteiger partial charge in [0.25, 0.3) is 5.91 Å². The normalized spacial score (nSPS) is 15.2. The summed E-state index contributed by atoms with van der Waals surface area (Å²) < 4.78 is 14.8. The van der Waals surface area contributed by atoms with Crippen molar-refractivity contribution in [2.45, 2.75) is 19.5 Å². The Labute approximate surface area is 160 Å². The fraction of sp³-hybridized carbons (Fsp3) is 0.222. The number of nitrogens with one attached hydrogen (secondary N) is 1. The Morgan fingerprint density at radius 1 is 1.43 bits per heavy atom. The topological polar surface area (TPSA) is 114 Å². The van der Waals surface area contributed by atoms with E-state index in [0.29, 0.717) is 23.9 Å². The van der Waals surface area contributed by atoms with Crippen molar-refractivity contribution in [3.8, 4) is 0 Å². The molecule has 1 aromatic carbocycles. The maximum Gasteiger partial charge on any atom is 0.276 e. The predicted octanol–water partition coefficient (Wildman–Crippen LogP) is 0.138. The number of aldehydes is 1. The Balaban J connectivity index is 1.87. The number of halogens is 1. The van der Waals surface area contributed by atoms with Crippen LogP contribution in [0.2, 0.25) is 0 Å². The SMILES string of the molecule is CC(C=O)N1CNC(N)=C(N(C=O)c2cnn(Cc3cccc(F)c3)c2)C1=O. The summed E-state index contributed by atoms with van der Waals surface area (Å²) in [6, 6.07) is 5.37. The van der Waals surface area contributed by atoms with E-state index in [9.17, 15) is 18.8 Å². The van der Waals surface area contributed by atoms with E-state index < -0.39 is 11.9 Å². The molecule has 1 aliphatic rings. The highest BCUT2D eigenvalue weighted by Gasteiger charge is 2.33. The van der Waals surface area contributed by atoms with Crippen molar-refractivity contribution in [2.24, 2.45) is 5.73 Å². The van der Waals surface area contributed by atoms with Gasteiger partial charge in [0.15, 0.2) is 5.70 Å². The molecule has 1 aliphatic heterocycles. The van der Waals surface area contributed by atoms with Gasteiger partial charge in [0.2, 0.25) is 6.41 Å². The number of benzene rings is 1. The standard InChI is InChI=1S/C18H19FN6O3/c1-12(9-26)24-10-21-17(20)16(18(24)28)25(11-27)15-6-22-23(8-15)7-13-3-2-4-14(19)5-13/h2-6,8-9,11-12,21H,7,10,20H2,1H3. The highest BCUT2D eigenvalue weighted by molar-refractivity contribution is 6.04. The summed E-state index contributed by atoms with van der Waals surface area (Å²) in [5, 5.41) is 6.95. The van der Waals surface area contributed by atoms with Crippen molar-refractivity contribution in [1.82, 2.24) is 20.0 Å². The molecule has 0 saturated heterocycles. The number of aromatic nitrogens is 2. The highest BCUT2D eigenvalue weighted by Crippen LogP contribution is 2.22. The van der Waals surface area contributed by atoms with Crippen LogP contribution in [-0.4, -0.2) is 46.0 Å². The van der Waals surface area contributed by atoms with Gasteiger partial charge in [-0.2, -0.15) is 5.10 Å². The van der Waals surface area contributed by atoms with E-state index in [-0.39, 0.29) is 30.5 Å². The molecule has 1 aromatic heterocycles. The first kappa shape index (κ1) is 19.1. The zero-order chi connectivity index (χ0) is 20.3. The third-order valence-corrected chi connectivity index (χ3v) is 4.32. The molecule has 0 spiro atoms. The first-order valence-corrected chi connectivity index (χ1v) is 8.46. The van der Waals surface area contributed by atoms with Crippen LogP contribution in [0.4, 0.5) is 10.1 Å². The molecule has 146 valence electrons. The van der Waals surface area contributed by atoms with Crippen LogP contribution in [0, 0.1) is 5.82 Å². The Morgan fingerprint density at radius 2 is 2.21 bits per heavy atom. The first-order valence-electron chi connectivity index (χ1n) is 8.46. The molecule has 0 fully saturated rings. The molecule has 28 heavy (non-hydrogen) atoms. The van der Waals surface area contributed by atoms with Crippen LogP contribution in [0.15, 0.2) is 48.2 Å². The van der Waals surface area contributed by atoms with Gasteiger partial charge in [-0.15, -0.1) is 0 Å². The zero-order valence-electron chi connectivity index (χ0n) is 15.1. The number of anilines is 1. The number of carbonyl (C=O) groups is 3. The Hall–Kier alpha value is -3.69. The minimum absolute atomic E-state index is 0.0179. The third-order valence-electron chi connectivity index (χ3n) is 4.32. The van der Waals surface area contributed by atoms with Gasteiger partial charge in [0.05, 0.1) is 31.1 Å². The van der Waals surface area contributed by atoms with Crippen molar-refractivity contribution < 1.29 is 18.8 Å². The van der Waals surface area contributed by atoms with E-state index in [0.717, 1.165) is 4.90 Å². The van der Waals surface area contributed by atoms with Gasteiger partial charge < -0.3 is 20.7 Å². The fourth-order valence-corrected chi connectivity index (χ4v) is 2.84. The molecule has 2 aromatic rings. The lowest BCUT2D eigenvalue weighted by Gasteiger charge is -2.34. The summed E-state index contributed by atoms with van der Waals surface area (Å²) in [4.78, 5) is 37.9. The fourth-order valence-electron chi connectivity index (χ4n) is 2.84. The van der Waals surface area contributed by atoms with Gasteiger partial charge in [0, 0.05) is 6.20 Å². The van der Waals surface area contributed by atoms with Gasteiger partial charge in [-0.1, -0.05) is 12.1 Å². The lowest BCUT2D eigenvalue weighted by molar-refractivity contribution is -0.133. The average molecular weight is 386 g/mol.